The number of carbonyl (C=O) groups excluding carboxylic acids is 2. The van der Waals surface area contributed by atoms with E-state index in [1.807, 2.05) is 61.2 Å². The van der Waals surface area contributed by atoms with E-state index in [0.717, 1.165) is 35.2 Å². The van der Waals surface area contributed by atoms with Crippen molar-refractivity contribution in [2.75, 3.05) is 37.6 Å². The summed E-state index contributed by atoms with van der Waals surface area (Å²) in [6.07, 6.45) is 0.304. The minimum absolute atomic E-state index is 0.0830. The first-order chi connectivity index (χ1) is 15.0. The van der Waals surface area contributed by atoms with Crippen LogP contribution >= 0.6 is 0 Å². The van der Waals surface area contributed by atoms with Gasteiger partial charge in [-0.2, -0.15) is 0 Å². The summed E-state index contributed by atoms with van der Waals surface area (Å²) < 4.78 is 0. The van der Waals surface area contributed by atoms with Crippen LogP contribution in [0.1, 0.15) is 28.0 Å². The van der Waals surface area contributed by atoms with Gasteiger partial charge in [0.2, 0.25) is 5.91 Å². The molecule has 1 saturated heterocycles. The lowest BCUT2D eigenvalue weighted by atomic mass is 10.0. The Morgan fingerprint density at radius 2 is 1.71 bits per heavy atom. The van der Waals surface area contributed by atoms with Gasteiger partial charge in [-0.3, -0.25) is 14.6 Å². The van der Waals surface area contributed by atoms with Crippen LogP contribution in [0.5, 0.6) is 0 Å². The molecular formula is C25H28N4O2. The molecule has 6 heteroatoms. The molecule has 1 aromatic heterocycles. The molecule has 0 saturated carbocycles. The molecule has 1 aliphatic rings. The molecule has 1 N–H and O–H groups in total. The Morgan fingerprint density at radius 1 is 0.968 bits per heavy atom. The number of hydrogen-bond acceptors (Lipinski definition) is 4. The van der Waals surface area contributed by atoms with Crippen LogP contribution in [-0.2, 0) is 4.79 Å². The number of para-hydroxylation sites is 1. The molecule has 1 fully saturated rings. The molecule has 0 atom stereocenters. The fourth-order valence-electron chi connectivity index (χ4n) is 4.05. The summed E-state index contributed by atoms with van der Waals surface area (Å²) in [5, 5.41) is 3.76. The van der Waals surface area contributed by atoms with Crippen molar-refractivity contribution in [1.82, 2.24) is 15.2 Å². The second-order valence-corrected chi connectivity index (χ2v) is 8.04. The van der Waals surface area contributed by atoms with Crippen LogP contribution < -0.4 is 10.2 Å². The summed E-state index contributed by atoms with van der Waals surface area (Å²) in [6, 6.07) is 18.0. The zero-order valence-electron chi connectivity index (χ0n) is 18.1. The van der Waals surface area contributed by atoms with Gasteiger partial charge in [0, 0.05) is 55.9 Å². The predicted octanol–water partition coefficient (Wildman–Crippen LogP) is 3.32. The number of aromatic nitrogens is 1. The van der Waals surface area contributed by atoms with Crippen LogP contribution in [0.2, 0.25) is 0 Å². The van der Waals surface area contributed by atoms with Crippen molar-refractivity contribution in [3.05, 3.63) is 71.4 Å². The van der Waals surface area contributed by atoms with E-state index < -0.39 is 0 Å². The Kier molecular flexibility index (Phi) is 6.16. The smallest absolute Gasteiger partial charge is 0.252 e. The number of hydrogen-bond donors (Lipinski definition) is 1. The van der Waals surface area contributed by atoms with Crippen molar-refractivity contribution < 1.29 is 9.59 Å². The number of nitrogens with one attached hydrogen (secondary N) is 1. The van der Waals surface area contributed by atoms with E-state index in [1.54, 1.807) is 0 Å². The Bertz CT molecular complexity index is 1090. The van der Waals surface area contributed by atoms with Crippen molar-refractivity contribution in [3.63, 3.8) is 0 Å². The number of carbonyl (C=O) groups is 2. The number of fused-ring (bicyclic) bond motifs is 1. The Labute approximate surface area is 182 Å². The normalized spacial score (nSPS) is 14.0. The lowest BCUT2D eigenvalue weighted by Gasteiger charge is -2.36. The Balaban J connectivity index is 1.31. The van der Waals surface area contributed by atoms with Gasteiger partial charge in [0.15, 0.2) is 0 Å². The second kappa shape index (κ2) is 9.16. The van der Waals surface area contributed by atoms with E-state index in [4.69, 9.17) is 0 Å². The highest BCUT2D eigenvalue weighted by Gasteiger charge is 2.21. The molecule has 2 amide bonds. The number of rotatable bonds is 5. The highest BCUT2D eigenvalue weighted by molar-refractivity contribution is 6.06. The van der Waals surface area contributed by atoms with Crippen molar-refractivity contribution >= 4 is 28.4 Å². The van der Waals surface area contributed by atoms with Gasteiger partial charge in [0.05, 0.1) is 11.1 Å². The van der Waals surface area contributed by atoms with E-state index in [1.165, 1.54) is 5.69 Å². The first kappa shape index (κ1) is 20.8. The maximum Gasteiger partial charge on any atom is 0.252 e. The van der Waals surface area contributed by atoms with E-state index >= 15 is 0 Å². The third-order valence-corrected chi connectivity index (χ3v) is 5.72. The number of benzene rings is 2. The summed E-state index contributed by atoms with van der Waals surface area (Å²) >= 11 is 0. The van der Waals surface area contributed by atoms with Gasteiger partial charge in [0.1, 0.15) is 0 Å². The monoisotopic (exact) mass is 416 g/mol. The molecular weight excluding hydrogens is 388 g/mol. The zero-order chi connectivity index (χ0) is 21.8. The first-order valence-corrected chi connectivity index (χ1v) is 10.8. The summed E-state index contributed by atoms with van der Waals surface area (Å²) in [5.74, 6) is -0.0811. The first-order valence-electron chi connectivity index (χ1n) is 10.8. The number of amides is 2. The van der Waals surface area contributed by atoms with Gasteiger partial charge in [-0.1, -0.05) is 29.8 Å². The molecule has 0 bridgehead atoms. The molecule has 2 heterocycles. The van der Waals surface area contributed by atoms with Gasteiger partial charge in [-0.05, 0) is 44.2 Å². The van der Waals surface area contributed by atoms with Gasteiger partial charge in [0.25, 0.3) is 5.91 Å². The molecule has 160 valence electrons. The topological polar surface area (TPSA) is 65.5 Å². The largest absolute Gasteiger partial charge is 0.368 e. The van der Waals surface area contributed by atoms with E-state index in [9.17, 15) is 9.59 Å². The number of anilines is 1. The summed E-state index contributed by atoms with van der Waals surface area (Å²) in [4.78, 5) is 34.1. The highest BCUT2D eigenvalue weighted by Crippen LogP contribution is 2.20. The van der Waals surface area contributed by atoms with Crippen molar-refractivity contribution in [3.8, 4) is 0 Å². The maximum atomic E-state index is 12.8. The standard InChI is InChI=1S/C25H28N4O2/c1-18-8-9-23-21(16-18)22(17-19(2)27-23)25(31)26-11-10-24(30)29-14-12-28(13-15-29)20-6-4-3-5-7-20/h3-9,16-17H,10-15H2,1-2H3,(H,26,31). The Hall–Kier alpha value is -3.41. The van der Waals surface area contributed by atoms with Crippen molar-refractivity contribution in [2.45, 2.75) is 20.3 Å². The summed E-state index contributed by atoms with van der Waals surface area (Å²) in [7, 11) is 0. The summed E-state index contributed by atoms with van der Waals surface area (Å²) in [5.41, 5.74) is 4.49. The quantitative estimate of drug-likeness (QED) is 0.693. The molecule has 3 aromatic rings. The van der Waals surface area contributed by atoms with Crippen LogP contribution in [0.4, 0.5) is 5.69 Å². The van der Waals surface area contributed by atoms with Gasteiger partial charge < -0.3 is 15.1 Å². The van der Waals surface area contributed by atoms with Crippen LogP contribution in [0.15, 0.2) is 54.6 Å². The average Bonchev–Trinajstić information content (AvgIpc) is 2.79. The van der Waals surface area contributed by atoms with Gasteiger partial charge >= 0.3 is 0 Å². The van der Waals surface area contributed by atoms with Gasteiger partial charge in [-0.15, -0.1) is 0 Å². The zero-order valence-corrected chi connectivity index (χ0v) is 18.1. The molecule has 0 spiro atoms. The number of piperazine rings is 1. The number of pyridine rings is 1. The van der Waals surface area contributed by atoms with E-state index in [-0.39, 0.29) is 11.8 Å². The van der Waals surface area contributed by atoms with E-state index in [0.29, 0.717) is 31.6 Å². The fourth-order valence-corrected chi connectivity index (χ4v) is 4.05. The third-order valence-electron chi connectivity index (χ3n) is 5.72. The third kappa shape index (κ3) is 4.85. The van der Waals surface area contributed by atoms with Crippen LogP contribution in [0, 0.1) is 13.8 Å². The molecule has 1 aliphatic heterocycles. The summed E-state index contributed by atoms with van der Waals surface area (Å²) in [6.45, 7) is 7.26. The molecule has 31 heavy (non-hydrogen) atoms. The van der Waals surface area contributed by atoms with Crippen LogP contribution in [-0.4, -0.2) is 54.4 Å². The lowest BCUT2D eigenvalue weighted by Crippen LogP contribution is -2.49. The molecule has 4 rings (SSSR count). The highest BCUT2D eigenvalue weighted by atomic mass is 16.2. The molecule has 6 nitrogen and oxygen atoms in total. The average molecular weight is 417 g/mol. The minimum Gasteiger partial charge on any atom is -0.368 e. The fraction of sp³-hybridized carbons (Fsp3) is 0.320. The molecule has 0 radical (unpaired) electrons. The predicted molar refractivity (Wildman–Crippen MR) is 123 cm³/mol. The molecule has 0 unspecified atom stereocenters. The van der Waals surface area contributed by atoms with Crippen LogP contribution in [0.25, 0.3) is 10.9 Å². The van der Waals surface area contributed by atoms with Crippen LogP contribution in [0.3, 0.4) is 0 Å². The van der Waals surface area contributed by atoms with Gasteiger partial charge in [-0.25, -0.2) is 0 Å². The number of aryl methyl sites for hydroxylation is 2. The van der Waals surface area contributed by atoms with E-state index in [2.05, 4.69) is 27.3 Å². The van der Waals surface area contributed by atoms with Crippen molar-refractivity contribution in [2.24, 2.45) is 0 Å². The van der Waals surface area contributed by atoms with Crippen molar-refractivity contribution in [1.29, 1.82) is 0 Å². The SMILES string of the molecule is Cc1ccc2nc(C)cc(C(=O)NCCC(=O)N3CCN(c4ccccc4)CC3)c2c1. The lowest BCUT2D eigenvalue weighted by molar-refractivity contribution is -0.131. The minimum atomic E-state index is -0.164. The maximum absolute atomic E-state index is 12.8. The molecule has 2 aromatic carbocycles. The second-order valence-electron chi connectivity index (χ2n) is 8.04. The number of nitrogens with zero attached hydrogens (tertiary/aromatic N) is 3. The Morgan fingerprint density at radius 3 is 2.45 bits per heavy atom. The molecule has 0 aliphatic carbocycles.